The molecule has 0 saturated carbocycles. The third-order valence-electron chi connectivity index (χ3n) is 5.65. The van der Waals surface area contributed by atoms with E-state index in [0.29, 0.717) is 41.4 Å². The largest absolute Gasteiger partial charge is 0.493 e. The van der Waals surface area contributed by atoms with Gasteiger partial charge >= 0.3 is 0 Å². The number of nitrogens with zero attached hydrogens (tertiary/aromatic N) is 3. The van der Waals surface area contributed by atoms with Crippen molar-refractivity contribution in [2.45, 2.75) is 0 Å². The highest BCUT2D eigenvalue weighted by Gasteiger charge is 2.40. The van der Waals surface area contributed by atoms with Gasteiger partial charge in [-0.2, -0.15) is 0 Å². The van der Waals surface area contributed by atoms with Crippen LogP contribution in [0.4, 0.5) is 5.69 Å². The van der Waals surface area contributed by atoms with Crippen molar-refractivity contribution in [1.82, 2.24) is 9.80 Å². The van der Waals surface area contributed by atoms with Crippen LogP contribution >= 0.6 is 0 Å². The predicted octanol–water partition coefficient (Wildman–Crippen LogP) is 2.24. The number of carbonyl (C=O) groups is 2. The van der Waals surface area contributed by atoms with Gasteiger partial charge in [0.1, 0.15) is 5.70 Å². The molecule has 1 saturated heterocycles. The fourth-order valence-electron chi connectivity index (χ4n) is 4.00. The molecule has 1 fully saturated rings. The SMILES string of the molecule is COc1ccc(C2=C(N3CCN(c4ccccc4)CC3)C(=O)N(C)C2=O)cc1OC. The average Bonchev–Trinajstić information content (AvgIpc) is 3.03. The molecule has 2 aliphatic heterocycles. The van der Waals surface area contributed by atoms with Crippen LogP contribution in [0.3, 0.4) is 0 Å². The summed E-state index contributed by atoms with van der Waals surface area (Å²) in [5.41, 5.74) is 2.69. The Morgan fingerprint density at radius 1 is 0.767 bits per heavy atom. The molecule has 0 atom stereocenters. The number of amides is 2. The molecule has 7 heteroatoms. The van der Waals surface area contributed by atoms with E-state index in [1.807, 2.05) is 23.1 Å². The molecule has 30 heavy (non-hydrogen) atoms. The number of methoxy groups -OCH3 is 2. The van der Waals surface area contributed by atoms with Crippen LogP contribution < -0.4 is 14.4 Å². The maximum absolute atomic E-state index is 13.0. The first-order valence-corrected chi connectivity index (χ1v) is 9.89. The number of piperazine rings is 1. The second-order valence-corrected chi connectivity index (χ2v) is 7.27. The van der Waals surface area contributed by atoms with E-state index in [1.165, 1.54) is 11.9 Å². The molecule has 7 nitrogen and oxygen atoms in total. The minimum Gasteiger partial charge on any atom is -0.493 e. The summed E-state index contributed by atoms with van der Waals surface area (Å²) in [6.07, 6.45) is 0. The van der Waals surface area contributed by atoms with Gasteiger partial charge in [-0.05, 0) is 29.8 Å². The lowest BCUT2D eigenvalue weighted by Gasteiger charge is -2.37. The second-order valence-electron chi connectivity index (χ2n) is 7.27. The highest BCUT2D eigenvalue weighted by atomic mass is 16.5. The molecule has 0 unspecified atom stereocenters. The Morgan fingerprint density at radius 3 is 2.03 bits per heavy atom. The van der Waals surface area contributed by atoms with E-state index in [4.69, 9.17) is 9.47 Å². The lowest BCUT2D eigenvalue weighted by molar-refractivity contribution is -0.135. The minimum atomic E-state index is -0.298. The number of rotatable bonds is 5. The van der Waals surface area contributed by atoms with Gasteiger partial charge in [-0.3, -0.25) is 14.5 Å². The number of ether oxygens (including phenoxy) is 2. The smallest absolute Gasteiger partial charge is 0.277 e. The topological polar surface area (TPSA) is 62.3 Å². The number of benzene rings is 2. The lowest BCUT2D eigenvalue weighted by Crippen LogP contribution is -2.47. The molecule has 2 aromatic rings. The highest BCUT2D eigenvalue weighted by Crippen LogP contribution is 2.36. The Hall–Kier alpha value is -3.48. The van der Waals surface area contributed by atoms with Crippen LogP contribution in [-0.2, 0) is 9.59 Å². The molecule has 2 aliphatic rings. The standard InChI is InChI=1S/C23H25N3O4/c1-24-22(27)20(16-9-10-18(29-2)19(15-16)30-3)21(23(24)28)26-13-11-25(12-14-26)17-7-5-4-6-8-17/h4-10,15H,11-14H2,1-3H3. The van der Waals surface area contributed by atoms with Gasteiger partial charge in [0.25, 0.3) is 11.8 Å². The van der Waals surface area contributed by atoms with Crippen molar-refractivity contribution in [3.63, 3.8) is 0 Å². The summed E-state index contributed by atoms with van der Waals surface area (Å²) in [7, 11) is 4.64. The van der Waals surface area contributed by atoms with E-state index in [-0.39, 0.29) is 11.8 Å². The molecular weight excluding hydrogens is 382 g/mol. The number of likely N-dealkylation sites (N-methyl/N-ethyl adjacent to an activating group) is 1. The first kappa shape index (κ1) is 19.8. The van der Waals surface area contributed by atoms with Gasteiger partial charge in [0, 0.05) is 38.9 Å². The molecular formula is C23H25N3O4. The molecule has 2 amide bonds. The van der Waals surface area contributed by atoms with Crippen LogP contribution in [0.1, 0.15) is 5.56 Å². The molecule has 0 aromatic heterocycles. The summed E-state index contributed by atoms with van der Waals surface area (Å²) in [4.78, 5) is 31.4. The van der Waals surface area contributed by atoms with Crippen LogP contribution in [0.5, 0.6) is 11.5 Å². The van der Waals surface area contributed by atoms with Gasteiger partial charge in [0.2, 0.25) is 0 Å². The minimum absolute atomic E-state index is 0.266. The molecule has 4 rings (SSSR count). The number of hydrogen-bond acceptors (Lipinski definition) is 6. The highest BCUT2D eigenvalue weighted by molar-refractivity contribution is 6.35. The van der Waals surface area contributed by atoms with Gasteiger partial charge in [-0.15, -0.1) is 0 Å². The second kappa shape index (κ2) is 8.10. The van der Waals surface area contributed by atoms with E-state index in [9.17, 15) is 9.59 Å². The fourth-order valence-corrected chi connectivity index (χ4v) is 4.00. The summed E-state index contributed by atoms with van der Waals surface area (Å²) < 4.78 is 10.7. The fraction of sp³-hybridized carbons (Fsp3) is 0.304. The molecule has 2 aromatic carbocycles. The Balaban J connectivity index is 1.66. The van der Waals surface area contributed by atoms with Crippen molar-refractivity contribution in [3.05, 3.63) is 59.8 Å². The van der Waals surface area contributed by atoms with E-state index in [1.54, 1.807) is 32.4 Å². The number of anilines is 1. The first-order valence-electron chi connectivity index (χ1n) is 9.89. The molecule has 0 bridgehead atoms. The summed E-state index contributed by atoms with van der Waals surface area (Å²) in [5, 5.41) is 0. The summed E-state index contributed by atoms with van der Waals surface area (Å²) in [6, 6.07) is 15.5. The summed E-state index contributed by atoms with van der Waals surface area (Å²) >= 11 is 0. The number of imide groups is 1. The van der Waals surface area contributed by atoms with Gasteiger partial charge < -0.3 is 19.3 Å². The van der Waals surface area contributed by atoms with Crippen molar-refractivity contribution < 1.29 is 19.1 Å². The van der Waals surface area contributed by atoms with Crippen molar-refractivity contribution >= 4 is 23.1 Å². The van der Waals surface area contributed by atoms with E-state index >= 15 is 0 Å². The Morgan fingerprint density at radius 2 is 1.40 bits per heavy atom. The Kier molecular flexibility index (Phi) is 5.35. The normalized spacial score (nSPS) is 17.1. The predicted molar refractivity (Wildman–Crippen MR) is 114 cm³/mol. The maximum Gasteiger partial charge on any atom is 0.277 e. The molecule has 156 valence electrons. The van der Waals surface area contributed by atoms with Gasteiger partial charge in [-0.1, -0.05) is 24.3 Å². The molecule has 0 aliphatic carbocycles. The van der Waals surface area contributed by atoms with Crippen LogP contribution in [0.25, 0.3) is 5.57 Å². The van der Waals surface area contributed by atoms with Gasteiger partial charge in [0.05, 0.1) is 19.8 Å². The van der Waals surface area contributed by atoms with Crippen LogP contribution in [0.2, 0.25) is 0 Å². The van der Waals surface area contributed by atoms with E-state index < -0.39 is 0 Å². The van der Waals surface area contributed by atoms with E-state index in [0.717, 1.165) is 18.8 Å². The monoisotopic (exact) mass is 407 g/mol. The van der Waals surface area contributed by atoms with Gasteiger partial charge in [0.15, 0.2) is 11.5 Å². The zero-order valence-corrected chi connectivity index (χ0v) is 17.4. The third kappa shape index (κ3) is 3.36. The van der Waals surface area contributed by atoms with Crippen LogP contribution in [0, 0.1) is 0 Å². The van der Waals surface area contributed by atoms with Crippen LogP contribution in [-0.4, -0.2) is 69.1 Å². The van der Waals surface area contributed by atoms with Crippen molar-refractivity contribution in [2.24, 2.45) is 0 Å². The van der Waals surface area contributed by atoms with Crippen molar-refractivity contribution in [3.8, 4) is 11.5 Å². The number of para-hydroxylation sites is 1. The number of hydrogen-bond donors (Lipinski definition) is 0. The van der Waals surface area contributed by atoms with Crippen LogP contribution in [0.15, 0.2) is 54.2 Å². The summed E-state index contributed by atoms with van der Waals surface area (Å²) in [6.45, 7) is 2.87. The Labute approximate surface area is 176 Å². The first-order chi connectivity index (χ1) is 14.5. The average molecular weight is 407 g/mol. The number of carbonyl (C=O) groups excluding carboxylic acids is 2. The lowest BCUT2D eigenvalue weighted by atomic mass is 10.0. The van der Waals surface area contributed by atoms with E-state index in [2.05, 4.69) is 17.0 Å². The Bertz CT molecular complexity index is 995. The third-order valence-corrected chi connectivity index (χ3v) is 5.65. The zero-order valence-electron chi connectivity index (χ0n) is 17.4. The molecule has 0 spiro atoms. The zero-order chi connectivity index (χ0) is 21.3. The maximum atomic E-state index is 13.0. The van der Waals surface area contributed by atoms with Crippen molar-refractivity contribution in [2.75, 3.05) is 52.3 Å². The molecule has 0 radical (unpaired) electrons. The quantitative estimate of drug-likeness (QED) is 0.709. The molecule has 2 heterocycles. The summed E-state index contributed by atoms with van der Waals surface area (Å²) in [5.74, 6) is 0.529. The van der Waals surface area contributed by atoms with Crippen molar-refractivity contribution in [1.29, 1.82) is 0 Å². The molecule has 0 N–H and O–H groups in total. The van der Waals surface area contributed by atoms with Gasteiger partial charge in [-0.25, -0.2) is 0 Å².